The number of hydrogen-bond donors (Lipinski definition) is 1. The summed E-state index contributed by atoms with van der Waals surface area (Å²) in [5.74, 6) is 0.312. The Hall–Kier alpha value is -0.770. The van der Waals surface area contributed by atoms with Crippen LogP contribution in [0.25, 0.3) is 0 Å². The van der Waals surface area contributed by atoms with Crippen molar-refractivity contribution >= 4 is 29.1 Å². The van der Waals surface area contributed by atoms with E-state index in [1.165, 1.54) is 5.56 Å². The minimum Gasteiger partial charge on any atom is -0.335 e. The topological polar surface area (TPSA) is 32.3 Å². The third kappa shape index (κ3) is 2.48. The summed E-state index contributed by atoms with van der Waals surface area (Å²) in [6.07, 6.45) is 5.13. The number of amides is 1. The van der Waals surface area contributed by atoms with Crippen LogP contribution in [0.3, 0.4) is 0 Å². The Morgan fingerprint density at radius 2 is 2.04 bits per heavy atom. The van der Waals surface area contributed by atoms with Gasteiger partial charge in [-0.1, -0.05) is 23.2 Å². The lowest BCUT2D eigenvalue weighted by molar-refractivity contribution is -0.149. The van der Waals surface area contributed by atoms with Gasteiger partial charge in [-0.3, -0.25) is 4.79 Å². The molecule has 1 N–H and O–H groups in total. The van der Waals surface area contributed by atoms with Crippen LogP contribution in [-0.4, -0.2) is 29.9 Å². The van der Waals surface area contributed by atoms with E-state index in [0.29, 0.717) is 22.0 Å². The van der Waals surface area contributed by atoms with Crippen molar-refractivity contribution in [1.82, 2.24) is 10.2 Å². The van der Waals surface area contributed by atoms with Crippen molar-refractivity contribution in [3.8, 4) is 0 Å². The van der Waals surface area contributed by atoms with E-state index in [1.807, 2.05) is 6.07 Å². The average Bonchev–Trinajstić information content (AvgIpc) is 2.55. The number of halogens is 2. The smallest absolute Gasteiger partial charge is 0.230 e. The minimum atomic E-state index is -0.195. The van der Waals surface area contributed by atoms with Gasteiger partial charge in [0.2, 0.25) is 5.91 Å². The quantitative estimate of drug-likeness (QED) is 0.829. The Morgan fingerprint density at radius 1 is 1.30 bits per heavy atom. The van der Waals surface area contributed by atoms with E-state index in [0.717, 1.165) is 50.8 Å². The lowest BCUT2D eigenvalue weighted by atomic mass is 9.67. The van der Waals surface area contributed by atoms with Crippen LogP contribution < -0.4 is 5.32 Å². The van der Waals surface area contributed by atoms with Crippen LogP contribution in [-0.2, 0) is 11.2 Å². The first-order valence-electron chi connectivity index (χ1n) is 8.52. The molecule has 124 valence electrons. The second-order valence-electron chi connectivity index (χ2n) is 7.32. The number of benzene rings is 1. The van der Waals surface area contributed by atoms with Gasteiger partial charge < -0.3 is 10.2 Å². The van der Waals surface area contributed by atoms with Crippen LogP contribution in [0, 0.1) is 5.41 Å². The molecule has 2 saturated heterocycles. The zero-order chi connectivity index (χ0) is 16.2. The third-order valence-corrected chi connectivity index (χ3v) is 6.60. The van der Waals surface area contributed by atoms with Gasteiger partial charge in [0.05, 0.1) is 11.5 Å². The zero-order valence-electron chi connectivity index (χ0n) is 13.4. The first kappa shape index (κ1) is 15.7. The normalized spacial score (nSPS) is 32.7. The first-order chi connectivity index (χ1) is 11.0. The molecule has 1 saturated carbocycles. The molecule has 3 heterocycles. The molecule has 2 bridgehead atoms. The number of nitrogens with one attached hydrogen (secondary N) is 1. The summed E-state index contributed by atoms with van der Waals surface area (Å²) in [4.78, 5) is 15.4. The molecule has 1 aromatic rings. The van der Waals surface area contributed by atoms with Crippen LogP contribution in [0.4, 0.5) is 0 Å². The highest BCUT2D eigenvalue weighted by molar-refractivity contribution is 6.35. The van der Waals surface area contributed by atoms with E-state index < -0.39 is 0 Å². The summed E-state index contributed by atoms with van der Waals surface area (Å²) in [5.41, 5.74) is 2.06. The van der Waals surface area contributed by atoms with Crippen LogP contribution in [0.2, 0.25) is 10.0 Å². The molecule has 1 aromatic carbocycles. The average molecular weight is 353 g/mol. The van der Waals surface area contributed by atoms with Crippen LogP contribution in [0.15, 0.2) is 12.1 Å². The summed E-state index contributed by atoms with van der Waals surface area (Å²) in [5, 5.41) is 4.90. The number of fused-ring (bicyclic) bond motifs is 4. The molecule has 5 rings (SSSR count). The largest absolute Gasteiger partial charge is 0.335 e. The van der Waals surface area contributed by atoms with Gasteiger partial charge >= 0.3 is 0 Å². The molecule has 0 radical (unpaired) electrons. The van der Waals surface area contributed by atoms with Gasteiger partial charge in [0.15, 0.2) is 0 Å². The van der Waals surface area contributed by atoms with E-state index in [1.54, 1.807) is 6.07 Å². The van der Waals surface area contributed by atoms with Crippen LogP contribution in [0.1, 0.15) is 49.8 Å². The molecular weight excluding hydrogens is 331 g/mol. The Kier molecular flexibility index (Phi) is 3.86. The molecule has 3 aliphatic heterocycles. The van der Waals surface area contributed by atoms with Crippen molar-refractivity contribution in [2.24, 2.45) is 5.41 Å². The maximum atomic E-state index is 13.3. The predicted molar refractivity (Wildman–Crippen MR) is 93.0 cm³/mol. The number of piperidine rings is 2. The van der Waals surface area contributed by atoms with E-state index in [4.69, 9.17) is 23.2 Å². The van der Waals surface area contributed by atoms with Gasteiger partial charge in [0.1, 0.15) is 0 Å². The fourth-order valence-corrected chi connectivity index (χ4v) is 5.36. The van der Waals surface area contributed by atoms with E-state index in [-0.39, 0.29) is 11.5 Å². The summed E-state index contributed by atoms with van der Waals surface area (Å²) in [6, 6.07) is 4.43. The second-order valence-corrected chi connectivity index (χ2v) is 8.16. The fourth-order valence-electron chi connectivity index (χ4n) is 4.67. The van der Waals surface area contributed by atoms with Gasteiger partial charge in [-0.15, -0.1) is 0 Å². The van der Waals surface area contributed by atoms with Crippen molar-refractivity contribution in [3.05, 3.63) is 33.3 Å². The van der Waals surface area contributed by atoms with E-state index >= 15 is 0 Å². The molecule has 1 aliphatic carbocycles. The molecule has 0 spiro atoms. The number of carbonyl (C=O) groups excluding carboxylic acids is 1. The molecule has 23 heavy (non-hydrogen) atoms. The molecule has 5 heteroatoms. The van der Waals surface area contributed by atoms with Gasteiger partial charge in [-0.2, -0.15) is 0 Å². The number of hydrogen-bond acceptors (Lipinski definition) is 2. The standard InChI is InChI=1S/C18H22Cl2N2O/c1-11-16-12(8-13(19)9-15(16)20)4-7-22(11)17(23)18-5-2-14(3-6-18)21-10-18/h8-9,11,14,21H,2-7,10H2,1H3/t11-,14?,18?/m0/s1. The fraction of sp³-hybridized carbons (Fsp3) is 0.611. The number of nitrogens with zero attached hydrogens (tertiary/aromatic N) is 1. The highest BCUT2D eigenvalue weighted by Crippen LogP contribution is 2.45. The first-order valence-corrected chi connectivity index (χ1v) is 9.28. The molecule has 1 atom stereocenters. The molecule has 0 unspecified atom stereocenters. The van der Waals surface area contributed by atoms with Crippen molar-refractivity contribution in [1.29, 1.82) is 0 Å². The molecule has 3 nitrogen and oxygen atoms in total. The molecular formula is C18H22Cl2N2O. The molecule has 1 amide bonds. The predicted octanol–water partition coefficient (Wildman–Crippen LogP) is 3.97. The van der Waals surface area contributed by atoms with Crippen LogP contribution in [0.5, 0.6) is 0 Å². The van der Waals surface area contributed by atoms with Crippen molar-refractivity contribution < 1.29 is 4.79 Å². The summed E-state index contributed by atoms with van der Waals surface area (Å²) >= 11 is 12.6. The number of rotatable bonds is 1. The lowest BCUT2D eigenvalue weighted by Gasteiger charge is -2.49. The Balaban J connectivity index is 1.64. The summed E-state index contributed by atoms with van der Waals surface area (Å²) in [7, 11) is 0. The van der Waals surface area contributed by atoms with Crippen LogP contribution >= 0.6 is 23.2 Å². The van der Waals surface area contributed by atoms with Gasteiger partial charge in [0, 0.05) is 29.2 Å². The number of carbonyl (C=O) groups is 1. The Bertz CT molecular complexity index is 639. The Morgan fingerprint density at radius 3 is 2.70 bits per heavy atom. The molecule has 3 fully saturated rings. The summed E-state index contributed by atoms with van der Waals surface area (Å²) < 4.78 is 0. The maximum absolute atomic E-state index is 13.3. The van der Waals surface area contributed by atoms with Crippen molar-refractivity contribution in [2.75, 3.05) is 13.1 Å². The SMILES string of the molecule is C[C@H]1c2c(Cl)cc(Cl)cc2CCN1C(=O)C12CCC(CC1)NC2. The van der Waals surface area contributed by atoms with Gasteiger partial charge in [-0.05, 0) is 62.3 Å². The second kappa shape index (κ2) is 5.65. The molecule has 0 aromatic heterocycles. The Labute approximate surface area is 147 Å². The van der Waals surface area contributed by atoms with Gasteiger partial charge in [-0.25, -0.2) is 0 Å². The lowest BCUT2D eigenvalue weighted by Crippen LogP contribution is -2.59. The highest BCUT2D eigenvalue weighted by Gasteiger charge is 2.48. The van der Waals surface area contributed by atoms with Crippen molar-refractivity contribution in [2.45, 2.75) is 51.1 Å². The maximum Gasteiger partial charge on any atom is 0.230 e. The minimum absolute atomic E-state index is 0.0186. The van der Waals surface area contributed by atoms with Gasteiger partial charge in [0.25, 0.3) is 0 Å². The van der Waals surface area contributed by atoms with E-state index in [2.05, 4.69) is 17.1 Å². The summed E-state index contributed by atoms with van der Waals surface area (Å²) in [6.45, 7) is 3.68. The zero-order valence-corrected chi connectivity index (χ0v) is 14.9. The monoisotopic (exact) mass is 352 g/mol. The highest BCUT2D eigenvalue weighted by atomic mass is 35.5. The van der Waals surface area contributed by atoms with E-state index in [9.17, 15) is 4.79 Å². The van der Waals surface area contributed by atoms with Crippen molar-refractivity contribution in [3.63, 3.8) is 0 Å². The molecule has 4 aliphatic rings. The third-order valence-electron chi connectivity index (χ3n) is 6.07.